The summed E-state index contributed by atoms with van der Waals surface area (Å²) in [5, 5.41) is 19.7. The summed E-state index contributed by atoms with van der Waals surface area (Å²) in [4.78, 5) is 10.6. The molecule has 0 saturated carbocycles. The van der Waals surface area contributed by atoms with Crippen molar-refractivity contribution in [1.82, 2.24) is 0 Å². The van der Waals surface area contributed by atoms with Crippen molar-refractivity contribution in [2.24, 2.45) is 5.41 Å². The van der Waals surface area contributed by atoms with Crippen LogP contribution in [0.5, 0.6) is 0 Å². The van der Waals surface area contributed by atoms with Gasteiger partial charge in [-0.25, -0.2) is 4.79 Å². The zero-order valence-electron chi connectivity index (χ0n) is 12.8. The molecular weight excluding hydrogens is 256 g/mol. The zero-order chi connectivity index (χ0) is 15.6. The minimum atomic E-state index is -1.10. The van der Waals surface area contributed by atoms with Crippen molar-refractivity contribution in [3.63, 3.8) is 0 Å². The van der Waals surface area contributed by atoms with Crippen molar-refractivity contribution in [3.8, 4) is 0 Å². The minimum Gasteiger partial charge on any atom is -0.478 e. The Balaban J connectivity index is 3.13. The standard InChI is InChI=1S/C16H24O4/c1-11(8-14(17)18)6-7-16(19)12(2)9-13(20-5)10-15(16,3)4/h6-9,13,19H,10H2,1-5H3,(H,17,18)/b7-6+,11-8-/t13-,16+/m0/s1. The Hall–Kier alpha value is -1.39. The molecule has 0 aliphatic heterocycles. The number of ether oxygens (including phenoxy) is 1. The van der Waals surface area contributed by atoms with Gasteiger partial charge in [0.2, 0.25) is 0 Å². The van der Waals surface area contributed by atoms with Crippen LogP contribution in [0.3, 0.4) is 0 Å². The number of carbonyl (C=O) groups is 1. The molecule has 2 N–H and O–H groups in total. The van der Waals surface area contributed by atoms with Crippen LogP contribution in [-0.2, 0) is 9.53 Å². The third-order valence-corrected chi connectivity index (χ3v) is 4.02. The highest BCUT2D eigenvalue weighted by atomic mass is 16.5. The molecule has 0 amide bonds. The highest BCUT2D eigenvalue weighted by Gasteiger charge is 2.46. The van der Waals surface area contributed by atoms with Crippen molar-refractivity contribution >= 4 is 5.97 Å². The van der Waals surface area contributed by atoms with Crippen LogP contribution < -0.4 is 0 Å². The van der Waals surface area contributed by atoms with Crippen LogP contribution in [0.2, 0.25) is 0 Å². The summed E-state index contributed by atoms with van der Waals surface area (Å²) < 4.78 is 5.37. The Morgan fingerprint density at radius 3 is 2.55 bits per heavy atom. The first-order chi connectivity index (χ1) is 9.12. The van der Waals surface area contributed by atoms with Gasteiger partial charge in [0, 0.05) is 18.6 Å². The molecule has 20 heavy (non-hydrogen) atoms. The fraction of sp³-hybridized carbons (Fsp3) is 0.562. The van der Waals surface area contributed by atoms with Gasteiger partial charge >= 0.3 is 5.97 Å². The summed E-state index contributed by atoms with van der Waals surface area (Å²) in [6.07, 6.45) is 7.07. The van der Waals surface area contributed by atoms with Crippen LogP contribution in [0, 0.1) is 5.41 Å². The van der Waals surface area contributed by atoms with E-state index >= 15 is 0 Å². The van der Waals surface area contributed by atoms with E-state index in [1.165, 1.54) is 0 Å². The lowest BCUT2D eigenvalue weighted by atomic mass is 9.64. The van der Waals surface area contributed by atoms with E-state index in [-0.39, 0.29) is 6.10 Å². The summed E-state index contributed by atoms with van der Waals surface area (Å²) in [5.74, 6) is -0.992. The summed E-state index contributed by atoms with van der Waals surface area (Å²) in [7, 11) is 1.66. The van der Waals surface area contributed by atoms with Crippen LogP contribution >= 0.6 is 0 Å². The second kappa shape index (κ2) is 5.94. The molecule has 0 heterocycles. The Kier molecular flexibility index (Phi) is 4.95. The number of carboxylic acids is 1. The molecule has 0 spiro atoms. The van der Waals surface area contributed by atoms with Crippen molar-refractivity contribution in [2.75, 3.05) is 7.11 Å². The predicted molar refractivity (Wildman–Crippen MR) is 78.4 cm³/mol. The molecule has 0 aromatic rings. The highest BCUT2D eigenvalue weighted by Crippen LogP contribution is 2.45. The molecule has 0 bridgehead atoms. The molecule has 0 radical (unpaired) electrons. The van der Waals surface area contributed by atoms with Gasteiger partial charge in [0.25, 0.3) is 0 Å². The molecule has 0 unspecified atom stereocenters. The number of aliphatic hydroxyl groups is 1. The van der Waals surface area contributed by atoms with Crippen LogP contribution in [-0.4, -0.2) is 35.0 Å². The van der Waals surface area contributed by atoms with Gasteiger partial charge in [0.05, 0.1) is 6.10 Å². The summed E-state index contributed by atoms with van der Waals surface area (Å²) in [5.41, 5.74) is -0.0920. The number of methoxy groups -OCH3 is 1. The first kappa shape index (κ1) is 16.7. The summed E-state index contributed by atoms with van der Waals surface area (Å²) >= 11 is 0. The molecule has 1 aliphatic carbocycles. The van der Waals surface area contributed by atoms with E-state index in [1.807, 2.05) is 26.8 Å². The van der Waals surface area contributed by atoms with Crippen LogP contribution in [0.25, 0.3) is 0 Å². The number of carboxylic acid groups (broad SMARTS) is 1. The average molecular weight is 280 g/mol. The molecule has 1 aliphatic rings. The fourth-order valence-electron chi connectivity index (χ4n) is 2.66. The molecule has 112 valence electrons. The minimum absolute atomic E-state index is 0.00525. The molecule has 2 atom stereocenters. The molecule has 1 rings (SSSR count). The molecular formula is C16H24O4. The first-order valence-electron chi connectivity index (χ1n) is 6.67. The molecule has 0 aromatic carbocycles. The molecule has 4 nitrogen and oxygen atoms in total. The maximum atomic E-state index is 11.0. The third-order valence-electron chi connectivity index (χ3n) is 4.02. The Morgan fingerprint density at radius 2 is 2.10 bits per heavy atom. The lowest BCUT2D eigenvalue weighted by Crippen LogP contribution is -2.49. The second-order valence-electron chi connectivity index (χ2n) is 6.04. The normalized spacial score (nSPS) is 30.4. The maximum Gasteiger partial charge on any atom is 0.328 e. The maximum absolute atomic E-state index is 11.0. The van der Waals surface area contributed by atoms with E-state index in [2.05, 4.69) is 0 Å². The van der Waals surface area contributed by atoms with Crippen LogP contribution in [0.15, 0.2) is 35.5 Å². The van der Waals surface area contributed by atoms with Gasteiger partial charge in [-0.3, -0.25) is 0 Å². The van der Waals surface area contributed by atoms with Crippen molar-refractivity contribution < 1.29 is 19.7 Å². The van der Waals surface area contributed by atoms with E-state index in [4.69, 9.17) is 9.84 Å². The van der Waals surface area contributed by atoms with Crippen LogP contribution in [0.4, 0.5) is 0 Å². The third kappa shape index (κ3) is 3.38. The lowest BCUT2D eigenvalue weighted by molar-refractivity contribution is -0.131. The van der Waals surface area contributed by atoms with Gasteiger partial charge in [0.15, 0.2) is 0 Å². The van der Waals surface area contributed by atoms with Crippen molar-refractivity contribution in [2.45, 2.75) is 45.8 Å². The van der Waals surface area contributed by atoms with Gasteiger partial charge in [-0.2, -0.15) is 0 Å². The van der Waals surface area contributed by atoms with Gasteiger partial charge in [0.1, 0.15) is 5.60 Å². The summed E-state index contributed by atoms with van der Waals surface area (Å²) in [6, 6.07) is 0. The number of rotatable bonds is 4. The smallest absolute Gasteiger partial charge is 0.328 e. The Labute approximate surface area is 120 Å². The number of allylic oxidation sites excluding steroid dienone is 2. The predicted octanol–water partition coefficient (Wildman–Crippen LogP) is 2.70. The Bertz CT molecular complexity index is 471. The summed E-state index contributed by atoms with van der Waals surface area (Å²) in [6.45, 7) is 7.53. The van der Waals surface area contributed by atoms with Gasteiger partial charge in [-0.15, -0.1) is 0 Å². The van der Waals surface area contributed by atoms with Gasteiger partial charge in [-0.1, -0.05) is 26.0 Å². The molecule has 0 fully saturated rings. The van der Waals surface area contributed by atoms with Crippen molar-refractivity contribution in [1.29, 1.82) is 0 Å². The SMILES string of the molecule is CO[C@H]1C=C(C)[C@](O)(/C=C/C(C)=C\C(=O)O)C(C)(C)C1. The van der Waals surface area contributed by atoms with E-state index in [1.54, 1.807) is 26.2 Å². The monoisotopic (exact) mass is 280 g/mol. The largest absolute Gasteiger partial charge is 0.478 e. The van der Waals surface area contributed by atoms with Crippen LogP contribution in [0.1, 0.15) is 34.1 Å². The topological polar surface area (TPSA) is 66.8 Å². The van der Waals surface area contributed by atoms with E-state index < -0.39 is 17.0 Å². The first-order valence-corrected chi connectivity index (χ1v) is 6.67. The quantitative estimate of drug-likeness (QED) is 0.472. The van der Waals surface area contributed by atoms with Crippen molar-refractivity contribution in [3.05, 3.63) is 35.5 Å². The van der Waals surface area contributed by atoms with E-state index in [0.717, 1.165) is 11.6 Å². The van der Waals surface area contributed by atoms with Gasteiger partial charge < -0.3 is 14.9 Å². The number of hydrogen-bond donors (Lipinski definition) is 2. The molecule has 0 aromatic heterocycles. The molecule has 4 heteroatoms. The fourth-order valence-corrected chi connectivity index (χ4v) is 2.66. The highest BCUT2D eigenvalue weighted by molar-refractivity contribution is 5.81. The zero-order valence-corrected chi connectivity index (χ0v) is 12.8. The number of hydrogen-bond acceptors (Lipinski definition) is 3. The number of aliphatic carboxylic acids is 1. The van der Waals surface area contributed by atoms with E-state index in [0.29, 0.717) is 12.0 Å². The average Bonchev–Trinajstić information content (AvgIpc) is 2.32. The molecule has 0 saturated heterocycles. The van der Waals surface area contributed by atoms with Gasteiger partial charge in [-0.05, 0) is 37.5 Å². The van der Waals surface area contributed by atoms with E-state index in [9.17, 15) is 9.90 Å². The Morgan fingerprint density at radius 1 is 1.50 bits per heavy atom. The lowest BCUT2D eigenvalue weighted by Gasteiger charge is -2.46. The second-order valence-corrected chi connectivity index (χ2v) is 6.04.